The van der Waals surface area contributed by atoms with Crippen molar-refractivity contribution < 1.29 is 0 Å². The first kappa shape index (κ1) is 13.1. The molecule has 0 aliphatic carbocycles. The number of benzene rings is 1. The summed E-state index contributed by atoms with van der Waals surface area (Å²) in [6.07, 6.45) is 0. The number of rotatable bonds is 3. The van der Waals surface area contributed by atoms with E-state index in [1.54, 1.807) is 6.92 Å². The third kappa shape index (κ3) is 2.52. The Balaban J connectivity index is 1.87. The third-order valence-electron chi connectivity index (χ3n) is 2.76. The van der Waals surface area contributed by atoms with E-state index in [-0.39, 0.29) is 5.56 Å². The van der Waals surface area contributed by atoms with Gasteiger partial charge in [-0.2, -0.15) is 4.52 Å². The SMILES string of the molecule is Cc1cc(=O)n2nc(NCc3ccccc3Cl)sc2n1. The molecule has 3 rings (SSSR count). The van der Waals surface area contributed by atoms with E-state index in [1.165, 1.54) is 21.9 Å². The summed E-state index contributed by atoms with van der Waals surface area (Å²) in [5.74, 6) is 0. The summed E-state index contributed by atoms with van der Waals surface area (Å²) in [6.45, 7) is 2.34. The maximum atomic E-state index is 11.8. The lowest BCUT2D eigenvalue weighted by Gasteiger charge is -2.03. The van der Waals surface area contributed by atoms with Crippen LogP contribution in [0.1, 0.15) is 11.3 Å². The molecule has 0 radical (unpaired) electrons. The molecule has 0 saturated heterocycles. The van der Waals surface area contributed by atoms with Crippen molar-refractivity contribution in [2.45, 2.75) is 13.5 Å². The first-order valence-corrected chi connectivity index (χ1v) is 7.18. The van der Waals surface area contributed by atoms with Crippen LogP contribution in [-0.2, 0) is 6.54 Å². The number of hydrogen-bond acceptors (Lipinski definition) is 5. The van der Waals surface area contributed by atoms with Gasteiger partial charge in [0.2, 0.25) is 10.1 Å². The zero-order valence-corrected chi connectivity index (χ0v) is 12.2. The van der Waals surface area contributed by atoms with Gasteiger partial charge in [0.25, 0.3) is 5.56 Å². The van der Waals surface area contributed by atoms with Gasteiger partial charge in [0.15, 0.2) is 0 Å². The van der Waals surface area contributed by atoms with E-state index in [0.29, 0.717) is 27.4 Å². The molecule has 0 amide bonds. The fourth-order valence-corrected chi connectivity index (χ4v) is 2.85. The van der Waals surface area contributed by atoms with Crippen molar-refractivity contribution in [3.05, 3.63) is 57.0 Å². The molecule has 0 aliphatic heterocycles. The molecule has 1 N–H and O–H groups in total. The molecule has 2 heterocycles. The van der Waals surface area contributed by atoms with Crippen molar-refractivity contribution >= 4 is 33.0 Å². The van der Waals surface area contributed by atoms with Gasteiger partial charge >= 0.3 is 0 Å². The van der Waals surface area contributed by atoms with Crippen LogP contribution in [0.25, 0.3) is 4.96 Å². The minimum Gasteiger partial charge on any atom is -0.356 e. The highest BCUT2D eigenvalue weighted by molar-refractivity contribution is 7.20. The number of aryl methyl sites for hydroxylation is 1. The molecule has 3 aromatic rings. The molecular weight excluding hydrogens is 296 g/mol. The molecule has 0 spiro atoms. The minimum atomic E-state index is -0.172. The van der Waals surface area contributed by atoms with Crippen LogP contribution in [0.5, 0.6) is 0 Å². The fraction of sp³-hybridized carbons (Fsp3) is 0.154. The molecule has 1 aromatic carbocycles. The number of nitrogens with one attached hydrogen (secondary N) is 1. The highest BCUT2D eigenvalue weighted by Crippen LogP contribution is 2.20. The first-order chi connectivity index (χ1) is 9.63. The van der Waals surface area contributed by atoms with Crippen molar-refractivity contribution in [2.24, 2.45) is 0 Å². The van der Waals surface area contributed by atoms with Crippen LogP contribution in [0.4, 0.5) is 5.13 Å². The van der Waals surface area contributed by atoms with Gasteiger partial charge in [-0.1, -0.05) is 41.1 Å². The second kappa shape index (κ2) is 5.22. The highest BCUT2D eigenvalue weighted by Gasteiger charge is 2.07. The van der Waals surface area contributed by atoms with Crippen LogP contribution in [-0.4, -0.2) is 14.6 Å². The topological polar surface area (TPSA) is 59.3 Å². The van der Waals surface area contributed by atoms with E-state index < -0.39 is 0 Å². The summed E-state index contributed by atoms with van der Waals surface area (Å²) in [5.41, 5.74) is 1.50. The molecule has 2 aromatic heterocycles. The van der Waals surface area contributed by atoms with Crippen molar-refractivity contribution in [3.63, 3.8) is 0 Å². The van der Waals surface area contributed by atoms with Crippen LogP contribution in [0.15, 0.2) is 35.1 Å². The van der Waals surface area contributed by atoms with Crippen molar-refractivity contribution in [3.8, 4) is 0 Å². The maximum Gasteiger partial charge on any atom is 0.275 e. The number of fused-ring (bicyclic) bond motifs is 1. The monoisotopic (exact) mass is 306 g/mol. The van der Waals surface area contributed by atoms with Gasteiger partial charge < -0.3 is 5.32 Å². The Kier molecular flexibility index (Phi) is 3.42. The predicted molar refractivity (Wildman–Crippen MR) is 80.6 cm³/mol. The number of hydrogen-bond donors (Lipinski definition) is 1. The van der Waals surface area contributed by atoms with Crippen LogP contribution < -0.4 is 10.9 Å². The van der Waals surface area contributed by atoms with Gasteiger partial charge in [-0.15, -0.1) is 5.10 Å². The second-order valence-corrected chi connectivity index (χ2v) is 5.65. The van der Waals surface area contributed by atoms with Crippen LogP contribution >= 0.6 is 22.9 Å². The Hall–Kier alpha value is -1.92. The summed E-state index contributed by atoms with van der Waals surface area (Å²) in [5, 5.41) is 8.71. The standard InChI is InChI=1S/C13H11ClN4OS/c1-8-6-11(19)18-13(16-8)20-12(17-18)15-7-9-4-2-3-5-10(9)14/h2-6H,7H2,1H3,(H,15,17). The predicted octanol–water partition coefficient (Wildman–Crippen LogP) is 2.72. The molecule has 0 fully saturated rings. The summed E-state index contributed by atoms with van der Waals surface area (Å²) < 4.78 is 1.30. The van der Waals surface area contributed by atoms with E-state index in [2.05, 4.69) is 15.4 Å². The average Bonchev–Trinajstić information content (AvgIpc) is 2.81. The van der Waals surface area contributed by atoms with Crippen LogP contribution in [0, 0.1) is 6.92 Å². The quantitative estimate of drug-likeness (QED) is 0.808. The summed E-state index contributed by atoms with van der Waals surface area (Å²) >= 11 is 7.43. The van der Waals surface area contributed by atoms with E-state index in [0.717, 1.165) is 5.56 Å². The van der Waals surface area contributed by atoms with Crippen LogP contribution in [0.2, 0.25) is 5.02 Å². The van der Waals surface area contributed by atoms with E-state index in [4.69, 9.17) is 11.6 Å². The Labute approximate surface area is 123 Å². The Morgan fingerprint density at radius 3 is 3.00 bits per heavy atom. The average molecular weight is 307 g/mol. The molecule has 0 atom stereocenters. The summed E-state index contributed by atoms with van der Waals surface area (Å²) in [7, 11) is 0. The number of aromatic nitrogens is 3. The smallest absolute Gasteiger partial charge is 0.275 e. The van der Waals surface area contributed by atoms with Gasteiger partial charge in [-0.3, -0.25) is 4.79 Å². The van der Waals surface area contributed by atoms with Gasteiger partial charge in [0.1, 0.15) is 0 Å². The first-order valence-electron chi connectivity index (χ1n) is 5.98. The molecule has 0 aliphatic rings. The highest BCUT2D eigenvalue weighted by atomic mass is 35.5. The third-order valence-corrected chi connectivity index (χ3v) is 4.00. The van der Waals surface area contributed by atoms with Crippen molar-refractivity contribution in [1.82, 2.24) is 14.6 Å². The van der Waals surface area contributed by atoms with Gasteiger partial charge in [0, 0.05) is 23.3 Å². The van der Waals surface area contributed by atoms with Gasteiger partial charge in [0.05, 0.1) is 0 Å². The second-order valence-electron chi connectivity index (χ2n) is 4.28. The minimum absolute atomic E-state index is 0.172. The lowest BCUT2D eigenvalue weighted by atomic mass is 10.2. The summed E-state index contributed by atoms with van der Waals surface area (Å²) in [4.78, 5) is 16.6. The Morgan fingerprint density at radius 2 is 2.20 bits per heavy atom. The lowest BCUT2D eigenvalue weighted by Crippen LogP contribution is -2.14. The number of halogens is 1. The molecule has 102 valence electrons. The lowest BCUT2D eigenvalue weighted by molar-refractivity contribution is 0.887. The van der Waals surface area contributed by atoms with Crippen LogP contribution in [0.3, 0.4) is 0 Å². The van der Waals surface area contributed by atoms with E-state index in [1.807, 2.05) is 24.3 Å². The Bertz CT molecular complexity index is 827. The molecule has 5 nitrogen and oxygen atoms in total. The Morgan fingerprint density at radius 1 is 1.40 bits per heavy atom. The normalized spacial score (nSPS) is 10.9. The fourth-order valence-electron chi connectivity index (χ4n) is 1.80. The van der Waals surface area contributed by atoms with Crippen molar-refractivity contribution in [2.75, 3.05) is 5.32 Å². The van der Waals surface area contributed by atoms with E-state index >= 15 is 0 Å². The largest absolute Gasteiger partial charge is 0.356 e. The van der Waals surface area contributed by atoms with Crippen molar-refractivity contribution in [1.29, 1.82) is 0 Å². The maximum absolute atomic E-state index is 11.8. The number of anilines is 1. The zero-order valence-electron chi connectivity index (χ0n) is 10.6. The summed E-state index contributed by atoms with van der Waals surface area (Å²) in [6, 6.07) is 9.06. The van der Waals surface area contributed by atoms with Gasteiger partial charge in [-0.05, 0) is 18.6 Å². The molecule has 0 saturated carbocycles. The van der Waals surface area contributed by atoms with E-state index in [9.17, 15) is 4.79 Å². The number of nitrogens with zero attached hydrogens (tertiary/aromatic N) is 3. The molecule has 7 heteroatoms. The molecule has 0 unspecified atom stereocenters. The zero-order chi connectivity index (χ0) is 14.1. The molecule has 0 bridgehead atoms. The molecular formula is C13H11ClN4OS. The molecule has 20 heavy (non-hydrogen) atoms. The van der Waals surface area contributed by atoms with Gasteiger partial charge in [-0.25, -0.2) is 4.98 Å².